The molecule has 0 heterocycles. The minimum atomic E-state index is -6.52. The normalized spacial score (nSPS) is 25.0. The molecule has 0 N–H and O–H groups in total. The van der Waals surface area contributed by atoms with Gasteiger partial charge in [-0.15, -0.1) is 0 Å². The van der Waals surface area contributed by atoms with E-state index in [4.69, 9.17) is 0 Å². The summed E-state index contributed by atoms with van der Waals surface area (Å²) in [6, 6.07) is 0. The van der Waals surface area contributed by atoms with Crippen LogP contribution in [-0.4, -0.2) is 48.4 Å². The minimum Gasteiger partial charge on any atom is -0.223 e. The zero-order valence-electron chi connectivity index (χ0n) is 19.9. The quantitative estimate of drug-likeness (QED) is 0.204. The zero-order valence-corrected chi connectivity index (χ0v) is 19.9. The summed E-state index contributed by atoms with van der Waals surface area (Å²) in [4.78, 5) is 0. The van der Waals surface area contributed by atoms with Crippen LogP contribution in [0.25, 0.3) is 0 Å². The lowest BCUT2D eigenvalue weighted by atomic mass is 9.72. The highest BCUT2D eigenvalue weighted by molar-refractivity contribution is 5.21. The Morgan fingerprint density at radius 1 is 0.476 bits per heavy atom. The minimum absolute atomic E-state index is 0.563. The van der Waals surface area contributed by atoms with Crippen molar-refractivity contribution >= 4 is 0 Å². The molecule has 4 atom stereocenters. The third kappa shape index (κ3) is 8.13. The second-order valence-electron chi connectivity index (χ2n) is 8.92. The van der Waals surface area contributed by atoms with E-state index in [1.54, 1.807) is 0 Å². The molecule has 3 aliphatic carbocycles. The molecule has 3 rings (SSSR count). The van der Waals surface area contributed by atoms with Gasteiger partial charge in [-0.3, -0.25) is 0 Å². The predicted molar refractivity (Wildman–Crippen MR) is 104 cm³/mol. The first-order valence-electron chi connectivity index (χ1n) is 10.9. The smallest absolute Gasteiger partial charge is 0.223 e. The van der Waals surface area contributed by atoms with Crippen LogP contribution in [0.2, 0.25) is 0 Å². The van der Waals surface area contributed by atoms with Gasteiger partial charge >= 0.3 is 48.4 Å². The van der Waals surface area contributed by atoms with E-state index in [1.807, 2.05) is 0 Å². The molecule has 0 radical (unpaired) electrons. The van der Waals surface area contributed by atoms with Crippen molar-refractivity contribution in [1.82, 2.24) is 0 Å². The molecule has 42 heavy (non-hydrogen) atoms. The highest BCUT2D eigenvalue weighted by Crippen LogP contribution is 2.64. The summed E-state index contributed by atoms with van der Waals surface area (Å²) in [5.41, 5.74) is -11.9. The lowest BCUT2D eigenvalue weighted by Gasteiger charge is -2.41. The SMILES string of the molecule is C1=CCC=C1.FC(F)(F)/C=C/C(F)(C(F)(F)F)C(F)(F)F.FC(F)(F)C1C2C=CC(C2)C1C(F)(C(F)(F)F)C(F)(F)F. The maximum atomic E-state index is 14.0. The third-order valence-corrected chi connectivity index (χ3v) is 6.10. The fourth-order valence-electron chi connectivity index (χ4n) is 4.30. The first-order valence-corrected chi connectivity index (χ1v) is 10.9. The van der Waals surface area contributed by atoms with Gasteiger partial charge in [-0.05, 0) is 30.8 Å². The number of allylic oxidation sites excluding steroid dienone is 8. The average molecular weight is 660 g/mol. The number of alkyl halides is 20. The highest BCUT2D eigenvalue weighted by atomic mass is 19.4. The van der Waals surface area contributed by atoms with Gasteiger partial charge in [0.2, 0.25) is 0 Å². The van der Waals surface area contributed by atoms with Gasteiger partial charge in [-0.25, -0.2) is 8.78 Å². The van der Waals surface area contributed by atoms with Gasteiger partial charge < -0.3 is 0 Å². The Balaban J connectivity index is 0.000000370. The van der Waals surface area contributed by atoms with E-state index in [-0.39, 0.29) is 0 Å². The van der Waals surface area contributed by atoms with Crippen molar-refractivity contribution in [1.29, 1.82) is 0 Å². The summed E-state index contributed by atoms with van der Waals surface area (Å²) in [5.74, 6) is -9.54. The van der Waals surface area contributed by atoms with Gasteiger partial charge in [-0.2, -0.15) is 79.0 Å². The van der Waals surface area contributed by atoms with Gasteiger partial charge in [0, 0.05) is 12.0 Å². The average Bonchev–Trinajstić information content (AvgIpc) is 3.52. The lowest BCUT2D eigenvalue weighted by molar-refractivity contribution is -0.372. The number of fused-ring (bicyclic) bond motifs is 2. The monoisotopic (exact) mass is 660 g/mol. The van der Waals surface area contributed by atoms with Gasteiger partial charge in [-0.1, -0.05) is 36.5 Å². The molecule has 3 aliphatic rings. The fraction of sp³-hybridized carbons (Fsp3) is 0.636. The number of hydrogen-bond donors (Lipinski definition) is 0. The van der Waals surface area contributed by atoms with E-state index < -0.39 is 90.6 Å². The van der Waals surface area contributed by atoms with Gasteiger partial charge in [0.05, 0.1) is 5.92 Å². The van der Waals surface area contributed by atoms with Crippen LogP contribution in [-0.2, 0) is 0 Å². The standard InChI is InChI=1S/C11H8F10.C6H2F10.C5H6/c12-8(10(16,17)18,11(19,20)21)6-4-1-2-5(3-4)7(6)9(13,14)15;7-3(5(11,12)13,6(14,15)16)1-2-4(8,9)10;1-2-4-5-3-1/h1-2,4-7H,3H2;1-2H;1-4H,5H2/b;2-1+;. The first-order chi connectivity index (χ1) is 18.4. The van der Waals surface area contributed by atoms with Crippen molar-refractivity contribution in [3.63, 3.8) is 0 Å². The van der Waals surface area contributed by atoms with Crippen LogP contribution in [0.4, 0.5) is 87.8 Å². The maximum Gasteiger partial charge on any atom is 0.435 e. The molecule has 1 fully saturated rings. The van der Waals surface area contributed by atoms with Crippen LogP contribution in [0.5, 0.6) is 0 Å². The Morgan fingerprint density at radius 3 is 1.12 bits per heavy atom. The molecule has 0 aromatic carbocycles. The summed E-state index contributed by atoms with van der Waals surface area (Å²) >= 11 is 0. The summed E-state index contributed by atoms with van der Waals surface area (Å²) < 4.78 is 245. The van der Waals surface area contributed by atoms with Crippen LogP contribution in [0.1, 0.15) is 12.8 Å². The van der Waals surface area contributed by atoms with Crippen molar-refractivity contribution in [2.24, 2.45) is 23.7 Å². The second-order valence-corrected chi connectivity index (χ2v) is 8.92. The molecule has 0 saturated heterocycles. The van der Waals surface area contributed by atoms with E-state index in [1.165, 1.54) is 0 Å². The molecule has 1 saturated carbocycles. The summed E-state index contributed by atoms with van der Waals surface area (Å²) in [5, 5.41) is 0. The third-order valence-electron chi connectivity index (χ3n) is 6.10. The molecule has 2 bridgehead atoms. The Morgan fingerprint density at radius 2 is 0.857 bits per heavy atom. The molecule has 0 aromatic heterocycles. The maximum absolute atomic E-state index is 14.0. The van der Waals surface area contributed by atoms with Gasteiger partial charge in [0.1, 0.15) is 0 Å². The number of halogens is 20. The van der Waals surface area contributed by atoms with Crippen molar-refractivity contribution in [2.75, 3.05) is 0 Å². The Kier molecular flexibility index (Phi) is 10.7. The Hall–Kier alpha value is -2.44. The largest absolute Gasteiger partial charge is 0.435 e. The first kappa shape index (κ1) is 37.6. The molecule has 0 aliphatic heterocycles. The van der Waals surface area contributed by atoms with Crippen molar-refractivity contribution in [3.8, 4) is 0 Å². The molecule has 244 valence electrons. The summed E-state index contributed by atoms with van der Waals surface area (Å²) in [6.07, 6.45) is -29.2. The van der Waals surface area contributed by atoms with Gasteiger partial charge in [0.25, 0.3) is 0 Å². The van der Waals surface area contributed by atoms with E-state index >= 15 is 0 Å². The predicted octanol–water partition coefficient (Wildman–Crippen LogP) is 10.3. The second kappa shape index (κ2) is 11.9. The fourth-order valence-corrected chi connectivity index (χ4v) is 4.30. The number of rotatable bonds is 2. The Bertz CT molecular complexity index is 970. The molecule has 0 nitrogen and oxygen atoms in total. The molecule has 0 spiro atoms. The van der Waals surface area contributed by atoms with E-state index in [0.29, 0.717) is 0 Å². The van der Waals surface area contributed by atoms with E-state index in [0.717, 1.165) is 18.6 Å². The van der Waals surface area contributed by atoms with Crippen molar-refractivity contribution in [3.05, 3.63) is 48.6 Å². The van der Waals surface area contributed by atoms with Crippen LogP contribution in [0.15, 0.2) is 48.6 Å². The molecule has 0 aromatic rings. The van der Waals surface area contributed by atoms with Gasteiger partial charge in [0.15, 0.2) is 0 Å². The molecule has 20 heteroatoms. The Labute approximate surface area is 222 Å². The molecular weight excluding hydrogens is 644 g/mol. The zero-order chi connectivity index (χ0) is 33.4. The van der Waals surface area contributed by atoms with Crippen molar-refractivity contribution in [2.45, 2.75) is 61.2 Å². The van der Waals surface area contributed by atoms with Crippen LogP contribution >= 0.6 is 0 Å². The van der Waals surface area contributed by atoms with Crippen molar-refractivity contribution < 1.29 is 87.8 Å². The lowest BCUT2D eigenvalue weighted by Crippen LogP contribution is -2.62. The molecule has 4 unspecified atom stereocenters. The van der Waals surface area contributed by atoms with Crippen LogP contribution < -0.4 is 0 Å². The molecule has 0 amide bonds. The topological polar surface area (TPSA) is 0 Å². The highest BCUT2D eigenvalue weighted by Gasteiger charge is 2.81. The summed E-state index contributed by atoms with van der Waals surface area (Å²) in [7, 11) is 0. The van der Waals surface area contributed by atoms with Crippen LogP contribution in [0, 0.1) is 23.7 Å². The summed E-state index contributed by atoms with van der Waals surface area (Å²) in [6.45, 7) is 0. The van der Waals surface area contributed by atoms with Crippen LogP contribution in [0.3, 0.4) is 0 Å². The number of hydrogen-bond acceptors (Lipinski definition) is 0. The molecular formula is C22H16F20. The van der Waals surface area contributed by atoms with E-state index in [2.05, 4.69) is 24.3 Å². The van der Waals surface area contributed by atoms with E-state index in [9.17, 15) is 87.8 Å².